The van der Waals surface area contributed by atoms with Crippen molar-refractivity contribution in [2.45, 2.75) is 39.3 Å². The van der Waals surface area contributed by atoms with Crippen molar-refractivity contribution in [2.75, 3.05) is 32.8 Å². The number of aromatic nitrogens is 2. The molecule has 1 aliphatic heterocycles. The second-order valence-electron chi connectivity index (χ2n) is 7.11. The van der Waals surface area contributed by atoms with Gasteiger partial charge in [-0.2, -0.15) is 5.10 Å². The van der Waals surface area contributed by atoms with E-state index in [4.69, 9.17) is 9.15 Å². The Bertz CT molecular complexity index is 671. The van der Waals surface area contributed by atoms with E-state index in [2.05, 4.69) is 41.4 Å². The van der Waals surface area contributed by atoms with Crippen molar-refractivity contribution >= 4 is 0 Å². The van der Waals surface area contributed by atoms with Gasteiger partial charge in [0.25, 0.3) is 0 Å². The molecule has 3 heterocycles. The lowest BCUT2D eigenvalue weighted by Crippen LogP contribution is -2.42. The molecular formula is C19H30N4O2. The van der Waals surface area contributed by atoms with Gasteiger partial charge in [0.15, 0.2) is 0 Å². The van der Waals surface area contributed by atoms with Gasteiger partial charge >= 0.3 is 0 Å². The van der Waals surface area contributed by atoms with E-state index in [1.54, 1.807) is 0 Å². The number of aryl methyl sites for hydroxylation is 2. The Hall–Kier alpha value is -1.63. The van der Waals surface area contributed by atoms with Gasteiger partial charge in [0, 0.05) is 45.0 Å². The lowest BCUT2D eigenvalue weighted by molar-refractivity contribution is 0.0115. The van der Waals surface area contributed by atoms with E-state index in [0.717, 1.165) is 50.9 Å². The standard InChI is InChI=1S/C19H30N4O2/c1-14(2)19-16(13-22(4)21-19)11-20-12-17(18-6-5-15(3)25-18)23-7-9-24-10-8-23/h5-6,13-14,17,20H,7-12H2,1-4H3. The minimum absolute atomic E-state index is 0.233. The highest BCUT2D eigenvalue weighted by Crippen LogP contribution is 2.24. The molecule has 6 heteroatoms. The zero-order chi connectivity index (χ0) is 17.8. The van der Waals surface area contributed by atoms with Crippen molar-refractivity contribution in [3.63, 3.8) is 0 Å². The number of nitrogens with one attached hydrogen (secondary N) is 1. The van der Waals surface area contributed by atoms with Crippen LogP contribution in [0.2, 0.25) is 0 Å². The molecule has 2 aromatic heterocycles. The monoisotopic (exact) mass is 346 g/mol. The smallest absolute Gasteiger partial charge is 0.122 e. The highest BCUT2D eigenvalue weighted by Gasteiger charge is 2.25. The number of hydrogen-bond acceptors (Lipinski definition) is 5. The normalized spacial score (nSPS) is 17.3. The summed E-state index contributed by atoms with van der Waals surface area (Å²) < 4.78 is 13.3. The van der Waals surface area contributed by atoms with Crippen molar-refractivity contribution in [1.29, 1.82) is 0 Å². The fourth-order valence-corrected chi connectivity index (χ4v) is 3.45. The average Bonchev–Trinajstić information content (AvgIpc) is 3.18. The van der Waals surface area contributed by atoms with Crippen molar-refractivity contribution in [1.82, 2.24) is 20.0 Å². The molecule has 0 amide bonds. The molecule has 3 rings (SSSR count). The van der Waals surface area contributed by atoms with E-state index in [0.29, 0.717) is 5.92 Å². The van der Waals surface area contributed by atoms with E-state index in [9.17, 15) is 0 Å². The summed E-state index contributed by atoms with van der Waals surface area (Å²) >= 11 is 0. The van der Waals surface area contributed by atoms with E-state index in [1.165, 1.54) is 11.3 Å². The lowest BCUT2D eigenvalue weighted by atomic mass is 10.1. The predicted octanol–water partition coefficient (Wildman–Crippen LogP) is 2.61. The van der Waals surface area contributed by atoms with Crippen LogP contribution in [-0.2, 0) is 18.3 Å². The number of morpholine rings is 1. The number of rotatable bonds is 7. The van der Waals surface area contributed by atoms with Gasteiger partial charge in [0.1, 0.15) is 11.5 Å². The molecule has 1 atom stereocenters. The molecule has 1 unspecified atom stereocenters. The zero-order valence-corrected chi connectivity index (χ0v) is 15.8. The Balaban J connectivity index is 1.66. The topological polar surface area (TPSA) is 55.5 Å². The van der Waals surface area contributed by atoms with Crippen molar-refractivity contribution < 1.29 is 9.15 Å². The Morgan fingerprint density at radius 2 is 2.00 bits per heavy atom. The molecule has 0 aliphatic carbocycles. The highest BCUT2D eigenvalue weighted by atomic mass is 16.5. The van der Waals surface area contributed by atoms with Crippen LogP contribution < -0.4 is 5.32 Å². The molecule has 0 spiro atoms. The summed E-state index contributed by atoms with van der Waals surface area (Å²) in [6.45, 7) is 11.5. The van der Waals surface area contributed by atoms with E-state index < -0.39 is 0 Å². The van der Waals surface area contributed by atoms with Crippen LogP contribution in [-0.4, -0.2) is 47.5 Å². The first kappa shape index (κ1) is 18.2. The minimum Gasteiger partial charge on any atom is -0.465 e. The molecule has 0 bridgehead atoms. The third-order valence-electron chi connectivity index (χ3n) is 4.71. The van der Waals surface area contributed by atoms with Crippen molar-refractivity contribution in [3.05, 3.63) is 41.1 Å². The summed E-state index contributed by atoms with van der Waals surface area (Å²) in [6.07, 6.45) is 2.11. The summed E-state index contributed by atoms with van der Waals surface area (Å²) in [4.78, 5) is 2.45. The third-order valence-corrected chi connectivity index (χ3v) is 4.71. The largest absolute Gasteiger partial charge is 0.465 e. The number of nitrogens with zero attached hydrogens (tertiary/aromatic N) is 3. The van der Waals surface area contributed by atoms with Gasteiger partial charge in [-0.1, -0.05) is 13.8 Å². The molecule has 6 nitrogen and oxygen atoms in total. The Labute approximate surface area is 150 Å². The predicted molar refractivity (Wildman–Crippen MR) is 97.6 cm³/mol. The average molecular weight is 346 g/mol. The van der Waals surface area contributed by atoms with Crippen molar-refractivity contribution in [2.24, 2.45) is 7.05 Å². The second-order valence-corrected chi connectivity index (χ2v) is 7.11. The Kier molecular flexibility index (Phi) is 5.93. The number of ether oxygens (including phenoxy) is 1. The van der Waals surface area contributed by atoms with Gasteiger partial charge in [0.2, 0.25) is 0 Å². The number of furan rings is 1. The van der Waals surface area contributed by atoms with Crippen LogP contribution >= 0.6 is 0 Å². The summed E-state index contributed by atoms with van der Waals surface area (Å²) in [5.74, 6) is 2.42. The molecule has 1 fully saturated rings. The molecule has 1 aliphatic rings. The maximum atomic E-state index is 5.93. The molecular weight excluding hydrogens is 316 g/mol. The van der Waals surface area contributed by atoms with Crippen LogP contribution in [0.1, 0.15) is 48.6 Å². The molecule has 1 N–H and O–H groups in total. The van der Waals surface area contributed by atoms with Crippen LogP contribution in [0.4, 0.5) is 0 Å². The maximum Gasteiger partial charge on any atom is 0.122 e. The first-order valence-electron chi connectivity index (χ1n) is 9.16. The van der Waals surface area contributed by atoms with Crippen LogP contribution in [0.15, 0.2) is 22.7 Å². The summed E-state index contributed by atoms with van der Waals surface area (Å²) in [6, 6.07) is 4.37. The fourth-order valence-electron chi connectivity index (χ4n) is 3.45. The van der Waals surface area contributed by atoms with Crippen LogP contribution in [0.25, 0.3) is 0 Å². The van der Waals surface area contributed by atoms with Crippen LogP contribution in [0.3, 0.4) is 0 Å². The highest BCUT2D eigenvalue weighted by molar-refractivity contribution is 5.20. The molecule has 0 saturated carbocycles. The lowest BCUT2D eigenvalue weighted by Gasteiger charge is -2.33. The molecule has 0 radical (unpaired) electrons. The SMILES string of the molecule is Cc1ccc(C(CNCc2cn(C)nc2C(C)C)N2CCOCC2)o1. The van der Waals surface area contributed by atoms with Crippen molar-refractivity contribution in [3.8, 4) is 0 Å². The molecule has 138 valence electrons. The number of hydrogen-bond donors (Lipinski definition) is 1. The Morgan fingerprint density at radius 3 is 2.64 bits per heavy atom. The second kappa shape index (κ2) is 8.17. The van der Waals surface area contributed by atoms with Gasteiger partial charge in [0.05, 0.1) is 24.9 Å². The molecule has 2 aromatic rings. The minimum atomic E-state index is 0.233. The van der Waals surface area contributed by atoms with Crippen LogP contribution in [0.5, 0.6) is 0 Å². The first-order chi connectivity index (χ1) is 12.0. The van der Waals surface area contributed by atoms with Gasteiger partial charge in [-0.15, -0.1) is 0 Å². The van der Waals surface area contributed by atoms with Gasteiger partial charge in [-0.3, -0.25) is 9.58 Å². The summed E-state index contributed by atoms with van der Waals surface area (Å²) in [5, 5.41) is 8.21. The molecule has 1 saturated heterocycles. The molecule has 25 heavy (non-hydrogen) atoms. The van der Waals surface area contributed by atoms with Gasteiger partial charge in [-0.25, -0.2) is 0 Å². The van der Waals surface area contributed by atoms with E-state index >= 15 is 0 Å². The molecule has 0 aromatic carbocycles. The zero-order valence-electron chi connectivity index (χ0n) is 15.8. The first-order valence-corrected chi connectivity index (χ1v) is 9.16. The van der Waals surface area contributed by atoms with Crippen LogP contribution in [0, 0.1) is 6.92 Å². The van der Waals surface area contributed by atoms with Gasteiger partial charge in [-0.05, 0) is 25.0 Å². The maximum absolute atomic E-state index is 5.93. The quantitative estimate of drug-likeness (QED) is 0.835. The van der Waals surface area contributed by atoms with E-state index in [1.807, 2.05) is 24.7 Å². The summed E-state index contributed by atoms with van der Waals surface area (Å²) in [7, 11) is 1.98. The third kappa shape index (κ3) is 4.51. The van der Waals surface area contributed by atoms with Gasteiger partial charge < -0.3 is 14.5 Å². The fraction of sp³-hybridized carbons (Fsp3) is 0.632. The summed E-state index contributed by atoms with van der Waals surface area (Å²) in [5.41, 5.74) is 2.45. The Morgan fingerprint density at radius 1 is 1.24 bits per heavy atom. The van der Waals surface area contributed by atoms with E-state index in [-0.39, 0.29) is 6.04 Å².